The molecule has 3 aromatic heterocycles. The van der Waals surface area contributed by atoms with Crippen LogP contribution >= 0.6 is 34.5 Å². The van der Waals surface area contributed by atoms with Crippen LogP contribution in [0.25, 0.3) is 10.2 Å². The molecule has 0 bridgehead atoms. The molecule has 17 heavy (non-hydrogen) atoms. The van der Waals surface area contributed by atoms with Crippen molar-refractivity contribution in [3.8, 4) is 0 Å². The fourth-order valence-electron chi connectivity index (χ4n) is 1.50. The van der Waals surface area contributed by atoms with Gasteiger partial charge in [-0.1, -0.05) is 23.2 Å². The van der Waals surface area contributed by atoms with Crippen LogP contribution in [0.2, 0.25) is 10.2 Å². The Bertz CT molecular complexity index is 676. The van der Waals surface area contributed by atoms with Gasteiger partial charge in [0.2, 0.25) is 0 Å². The average molecular weight is 285 g/mol. The normalized spacial score (nSPS) is 11.2. The molecule has 0 spiro atoms. The fraction of sp³-hybridized carbons (Fsp3) is 0.100. The van der Waals surface area contributed by atoms with E-state index >= 15 is 0 Å². The van der Waals surface area contributed by atoms with Crippen molar-refractivity contribution in [2.45, 2.75) is 6.54 Å². The van der Waals surface area contributed by atoms with Gasteiger partial charge in [-0.2, -0.15) is 5.10 Å². The van der Waals surface area contributed by atoms with Crippen LogP contribution in [0.5, 0.6) is 0 Å². The maximum Gasteiger partial charge on any atom is 0.153 e. The third-order valence-corrected chi connectivity index (χ3v) is 3.52. The van der Waals surface area contributed by atoms with Crippen LogP contribution in [0, 0.1) is 0 Å². The molecule has 3 rings (SSSR count). The highest BCUT2D eigenvalue weighted by molar-refractivity contribution is 7.16. The van der Waals surface area contributed by atoms with Gasteiger partial charge < -0.3 is 0 Å². The summed E-state index contributed by atoms with van der Waals surface area (Å²) in [5, 5.41) is 7.97. The van der Waals surface area contributed by atoms with Crippen LogP contribution in [-0.2, 0) is 6.54 Å². The molecule has 3 heterocycles. The Morgan fingerprint density at radius 1 is 1.29 bits per heavy atom. The van der Waals surface area contributed by atoms with Crippen molar-refractivity contribution in [2.24, 2.45) is 0 Å². The monoisotopic (exact) mass is 284 g/mol. The zero-order chi connectivity index (χ0) is 11.8. The number of aromatic nitrogens is 4. The smallest absolute Gasteiger partial charge is 0.153 e. The number of nitrogens with zero attached hydrogens (tertiary/aromatic N) is 4. The van der Waals surface area contributed by atoms with Crippen LogP contribution in [0.4, 0.5) is 0 Å². The van der Waals surface area contributed by atoms with Gasteiger partial charge in [-0.3, -0.25) is 4.68 Å². The Hall–Kier alpha value is -1.17. The summed E-state index contributed by atoms with van der Waals surface area (Å²) < 4.78 is 1.67. The molecule has 0 atom stereocenters. The van der Waals surface area contributed by atoms with Gasteiger partial charge in [0, 0.05) is 11.6 Å². The van der Waals surface area contributed by atoms with Crippen molar-refractivity contribution in [1.82, 2.24) is 19.7 Å². The van der Waals surface area contributed by atoms with E-state index in [-0.39, 0.29) is 0 Å². The number of fused-ring (bicyclic) bond motifs is 1. The summed E-state index contributed by atoms with van der Waals surface area (Å²) in [6.07, 6.45) is 3.30. The molecule has 86 valence electrons. The maximum atomic E-state index is 6.07. The lowest BCUT2D eigenvalue weighted by Gasteiger charge is -2.01. The van der Waals surface area contributed by atoms with Crippen molar-refractivity contribution in [3.05, 3.63) is 39.8 Å². The predicted octanol–water partition coefficient (Wildman–Crippen LogP) is 3.24. The van der Waals surface area contributed by atoms with Gasteiger partial charge in [0.05, 0.1) is 11.2 Å². The average Bonchev–Trinajstić information content (AvgIpc) is 2.87. The van der Waals surface area contributed by atoms with Crippen molar-refractivity contribution >= 4 is 44.8 Å². The molecule has 0 aliphatic heterocycles. The highest BCUT2D eigenvalue weighted by Crippen LogP contribution is 2.24. The Morgan fingerprint density at radius 3 is 2.94 bits per heavy atom. The molecule has 0 aliphatic carbocycles. The van der Waals surface area contributed by atoms with Crippen molar-refractivity contribution in [1.29, 1.82) is 0 Å². The summed E-state index contributed by atoms with van der Waals surface area (Å²) in [6, 6.07) is 1.91. The summed E-state index contributed by atoms with van der Waals surface area (Å²) in [6.45, 7) is 0.459. The first-order valence-corrected chi connectivity index (χ1v) is 6.43. The van der Waals surface area contributed by atoms with E-state index in [4.69, 9.17) is 23.2 Å². The number of hydrogen-bond acceptors (Lipinski definition) is 4. The van der Waals surface area contributed by atoms with Gasteiger partial charge in [0.15, 0.2) is 5.82 Å². The van der Waals surface area contributed by atoms with Gasteiger partial charge in [-0.05, 0) is 11.4 Å². The molecular formula is C10H6Cl2N4S. The Morgan fingerprint density at radius 2 is 2.18 bits per heavy atom. The lowest BCUT2D eigenvalue weighted by atomic mass is 10.4. The topological polar surface area (TPSA) is 43.6 Å². The first-order chi connectivity index (χ1) is 8.22. The largest absolute Gasteiger partial charge is 0.264 e. The molecule has 0 aromatic carbocycles. The zero-order valence-corrected chi connectivity index (χ0v) is 10.8. The van der Waals surface area contributed by atoms with Crippen LogP contribution < -0.4 is 0 Å². The first-order valence-electron chi connectivity index (χ1n) is 4.80. The SMILES string of the molecule is Clc1cnn(Cc2nc(Cl)c3ccsc3n2)c1. The molecule has 0 amide bonds. The minimum Gasteiger partial charge on any atom is -0.264 e. The quantitative estimate of drug-likeness (QED) is 0.679. The lowest BCUT2D eigenvalue weighted by molar-refractivity contribution is 0.658. The van der Waals surface area contributed by atoms with Crippen LogP contribution in [-0.4, -0.2) is 19.7 Å². The molecule has 0 radical (unpaired) electrons. The van der Waals surface area contributed by atoms with Gasteiger partial charge in [-0.15, -0.1) is 11.3 Å². The number of hydrogen-bond donors (Lipinski definition) is 0. The second-order valence-corrected chi connectivity index (χ2v) is 5.12. The third-order valence-electron chi connectivity index (χ3n) is 2.23. The fourth-order valence-corrected chi connectivity index (χ4v) is 2.75. The van der Waals surface area contributed by atoms with Crippen molar-refractivity contribution < 1.29 is 0 Å². The summed E-state index contributed by atoms with van der Waals surface area (Å²) in [5.41, 5.74) is 0. The molecule has 0 unspecified atom stereocenters. The Kier molecular flexibility index (Phi) is 2.74. The number of rotatable bonds is 2. The van der Waals surface area contributed by atoms with Crippen molar-refractivity contribution in [3.63, 3.8) is 0 Å². The van der Waals surface area contributed by atoms with E-state index in [2.05, 4.69) is 15.1 Å². The van der Waals surface area contributed by atoms with Gasteiger partial charge >= 0.3 is 0 Å². The second kappa shape index (κ2) is 4.25. The van der Waals surface area contributed by atoms with Crippen LogP contribution in [0.1, 0.15) is 5.82 Å². The van der Waals surface area contributed by atoms with E-state index in [0.717, 1.165) is 10.2 Å². The highest BCUT2D eigenvalue weighted by Gasteiger charge is 2.08. The standard InChI is InChI=1S/C10H6Cl2N4S/c11-6-3-13-16(4-6)5-8-14-9(12)7-1-2-17-10(7)15-8/h1-4H,5H2. The zero-order valence-electron chi connectivity index (χ0n) is 8.47. The van der Waals surface area contributed by atoms with Crippen molar-refractivity contribution in [2.75, 3.05) is 0 Å². The molecule has 7 heteroatoms. The van der Waals surface area contributed by atoms with E-state index in [1.807, 2.05) is 11.4 Å². The Balaban J connectivity index is 2.00. The summed E-state index contributed by atoms with van der Waals surface area (Å²) >= 11 is 13.4. The van der Waals surface area contributed by atoms with Crippen LogP contribution in [0.3, 0.4) is 0 Å². The third kappa shape index (κ3) is 2.13. The minimum atomic E-state index is 0.459. The van der Waals surface area contributed by atoms with Gasteiger partial charge in [0.25, 0.3) is 0 Å². The molecule has 0 N–H and O–H groups in total. The first kappa shape index (κ1) is 11.0. The van der Waals surface area contributed by atoms with E-state index < -0.39 is 0 Å². The minimum absolute atomic E-state index is 0.459. The molecule has 0 aliphatic rings. The molecule has 0 fully saturated rings. The summed E-state index contributed by atoms with van der Waals surface area (Å²) in [7, 11) is 0. The van der Waals surface area contributed by atoms with Gasteiger partial charge in [-0.25, -0.2) is 9.97 Å². The van der Waals surface area contributed by atoms with Gasteiger partial charge in [0.1, 0.15) is 16.5 Å². The molecule has 0 saturated heterocycles. The number of halogens is 2. The van der Waals surface area contributed by atoms with E-state index in [9.17, 15) is 0 Å². The van der Waals surface area contributed by atoms with E-state index in [1.165, 1.54) is 0 Å². The second-order valence-electron chi connectivity index (χ2n) is 3.43. The highest BCUT2D eigenvalue weighted by atomic mass is 35.5. The number of thiophene rings is 1. The Labute approximate surface area is 111 Å². The van der Waals surface area contributed by atoms with E-state index in [1.54, 1.807) is 28.4 Å². The van der Waals surface area contributed by atoms with E-state index in [0.29, 0.717) is 22.5 Å². The molecule has 0 saturated carbocycles. The summed E-state index contributed by atoms with van der Waals surface area (Å²) in [5.74, 6) is 0.629. The molecule has 3 aromatic rings. The maximum absolute atomic E-state index is 6.07. The molecule has 4 nitrogen and oxygen atoms in total. The lowest BCUT2D eigenvalue weighted by Crippen LogP contribution is -2.04. The predicted molar refractivity (Wildman–Crippen MR) is 68.8 cm³/mol. The molecular weight excluding hydrogens is 279 g/mol. The summed E-state index contributed by atoms with van der Waals surface area (Å²) in [4.78, 5) is 9.54. The van der Waals surface area contributed by atoms with Crippen LogP contribution in [0.15, 0.2) is 23.8 Å².